The molecule has 0 fully saturated rings. The van der Waals surface area contributed by atoms with Crippen molar-refractivity contribution in [3.63, 3.8) is 0 Å². The Hall–Kier alpha value is -3.26. The molecule has 0 saturated heterocycles. The van der Waals surface area contributed by atoms with Crippen LogP contribution in [0.2, 0.25) is 0 Å². The van der Waals surface area contributed by atoms with Crippen molar-refractivity contribution >= 4 is 22.9 Å². The van der Waals surface area contributed by atoms with E-state index in [2.05, 4.69) is 20.6 Å². The molecule has 0 saturated carbocycles. The predicted octanol–water partition coefficient (Wildman–Crippen LogP) is 4.83. The molecular weight excluding hydrogens is 364 g/mol. The number of hydrogen-bond donors (Lipinski definition) is 1. The van der Waals surface area contributed by atoms with Gasteiger partial charge in [-0.2, -0.15) is 4.98 Å². The Morgan fingerprint density at radius 2 is 1.96 bits per heavy atom. The Labute approximate surface area is 159 Å². The van der Waals surface area contributed by atoms with Crippen molar-refractivity contribution in [3.05, 3.63) is 59.4 Å². The van der Waals surface area contributed by atoms with Crippen molar-refractivity contribution in [2.45, 2.75) is 19.8 Å². The van der Waals surface area contributed by atoms with Gasteiger partial charge >= 0.3 is 0 Å². The molecule has 4 aromatic rings. The third-order valence-corrected chi connectivity index (χ3v) is 4.76. The normalized spacial score (nSPS) is 11.1. The number of benzene rings is 1. The third-order valence-electron chi connectivity index (χ3n) is 3.87. The lowest BCUT2D eigenvalue weighted by Crippen LogP contribution is -2.12. The Bertz CT molecular complexity index is 1070. The summed E-state index contributed by atoms with van der Waals surface area (Å²) in [6, 6.07) is 12.7. The lowest BCUT2D eigenvalue weighted by atomic mass is 10.1. The highest BCUT2D eigenvalue weighted by atomic mass is 32.1. The Morgan fingerprint density at radius 3 is 2.70 bits per heavy atom. The van der Waals surface area contributed by atoms with Gasteiger partial charge in [-0.15, -0.1) is 11.3 Å². The highest BCUT2D eigenvalue weighted by Crippen LogP contribution is 2.29. The summed E-state index contributed by atoms with van der Waals surface area (Å²) >= 11 is 1.52. The minimum absolute atomic E-state index is 0.148. The van der Waals surface area contributed by atoms with Crippen molar-refractivity contribution < 1.29 is 13.8 Å². The molecule has 0 aliphatic rings. The van der Waals surface area contributed by atoms with Crippen LogP contribution in [0.25, 0.3) is 22.1 Å². The molecule has 0 aliphatic carbocycles. The summed E-state index contributed by atoms with van der Waals surface area (Å²) in [6.07, 6.45) is 0. The van der Waals surface area contributed by atoms with Crippen LogP contribution in [0.15, 0.2) is 56.9 Å². The number of carbonyl (C=O) groups is 1. The highest BCUT2D eigenvalue weighted by Gasteiger charge is 2.19. The summed E-state index contributed by atoms with van der Waals surface area (Å²) in [4.78, 5) is 17.9. The lowest BCUT2D eigenvalue weighted by molar-refractivity contribution is 0.101. The smallest absolute Gasteiger partial charge is 0.277 e. The number of aromatic nitrogens is 3. The molecule has 0 aliphatic heterocycles. The van der Waals surface area contributed by atoms with Crippen molar-refractivity contribution in [1.82, 2.24) is 15.3 Å². The molecule has 1 aromatic carbocycles. The zero-order valence-electron chi connectivity index (χ0n) is 14.7. The van der Waals surface area contributed by atoms with E-state index in [1.165, 1.54) is 11.3 Å². The van der Waals surface area contributed by atoms with Crippen LogP contribution < -0.4 is 5.32 Å². The molecule has 7 nitrogen and oxygen atoms in total. The molecule has 3 aromatic heterocycles. The molecule has 1 amide bonds. The molecule has 0 spiro atoms. The Kier molecular flexibility index (Phi) is 4.55. The van der Waals surface area contributed by atoms with Gasteiger partial charge < -0.3 is 14.4 Å². The van der Waals surface area contributed by atoms with Crippen LogP contribution in [0.1, 0.15) is 36.1 Å². The summed E-state index contributed by atoms with van der Waals surface area (Å²) in [5.74, 6) is 1.30. The van der Waals surface area contributed by atoms with Crippen LogP contribution >= 0.6 is 11.3 Å². The van der Waals surface area contributed by atoms with Crippen molar-refractivity contribution in [3.8, 4) is 22.1 Å². The van der Waals surface area contributed by atoms with Gasteiger partial charge in [0.15, 0.2) is 17.3 Å². The van der Waals surface area contributed by atoms with Gasteiger partial charge in [-0.3, -0.25) is 4.79 Å². The van der Waals surface area contributed by atoms with Crippen LogP contribution in [0.4, 0.5) is 5.69 Å². The fourth-order valence-electron chi connectivity index (χ4n) is 2.46. The van der Waals surface area contributed by atoms with Gasteiger partial charge in [0.1, 0.15) is 0 Å². The largest absolute Gasteiger partial charge is 0.355 e. The van der Waals surface area contributed by atoms with E-state index in [1.807, 2.05) is 49.6 Å². The fraction of sp³-hybridized carbons (Fsp3) is 0.158. The van der Waals surface area contributed by atoms with Gasteiger partial charge in [0.2, 0.25) is 0 Å². The van der Waals surface area contributed by atoms with Gasteiger partial charge in [0.05, 0.1) is 16.1 Å². The SMILES string of the molecule is CC(C)c1noc(-c2ccccc2NC(=O)c2cc(-c3cccs3)on2)n1. The van der Waals surface area contributed by atoms with Crippen LogP contribution in [-0.2, 0) is 0 Å². The molecule has 8 heteroatoms. The quantitative estimate of drug-likeness (QED) is 0.533. The van der Waals surface area contributed by atoms with Gasteiger partial charge in [0, 0.05) is 12.0 Å². The average molecular weight is 380 g/mol. The Balaban J connectivity index is 1.58. The number of hydrogen-bond acceptors (Lipinski definition) is 7. The van der Waals surface area contributed by atoms with Gasteiger partial charge in [-0.1, -0.05) is 42.4 Å². The number of amides is 1. The van der Waals surface area contributed by atoms with Crippen molar-refractivity contribution in [2.75, 3.05) is 5.32 Å². The molecule has 136 valence electrons. The van der Waals surface area contributed by atoms with Gasteiger partial charge in [-0.05, 0) is 23.6 Å². The fourth-order valence-corrected chi connectivity index (χ4v) is 3.13. The second-order valence-electron chi connectivity index (χ2n) is 6.17. The predicted molar refractivity (Wildman–Crippen MR) is 102 cm³/mol. The number of anilines is 1. The standard InChI is InChI=1S/C19H16N4O3S/c1-11(2)17-21-19(26-23-17)12-6-3-4-7-13(12)20-18(24)14-10-15(25-22-14)16-8-5-9-27-16/h3-11H,1-2H3,(H,20,24). The second-order valence-corrected chi connectivity index (χ2v) is 7.11. The zero-order valence-corrected chi connectivity index (χ0v) is 15.5. The van der Waals surface area contributed by atoms with E-state index in [1.54, 1.807) is 12.1 Å². The van der Waals surface area contributed by atoms with Crippen molar-refractivity contribution in [1.29, 1.82) is 0 Å². The first-order valence-corrected chi connectivity index (χ1v) is 9.24. The number of nitrogens with one attached hydrogen (secondary N) is 1. The maximum absolute atomic E-state index is 12.6. The highest BCUT2D eigenvalue weighted by molar-refractivity contribution is 7.13. The van der Waals surface area contributed by atoms with E-state index >= 15 is 0 Å². The first-order chi connectivity index (χ1) is 13.1. The number of carbonyl (C=O) groups excluding carboxylic acids is 1. The van der Waals surface area contributed by atoms with E-state index < -0.39 is 0 Å². The molecular formula is C19H16N4O3S. The second kappa shape index (κ2) is 7.16. The van der Waals surface area contributed by atoms with E-state index in [9.17, 15) is 4.79 Å². The summed E-state index contributed by atoms with van der Waals surface area (Å²) in [5, 5.41) is 12.6. The van der Waals surface area contributed by atoms with Crippen LogP contribution in [0.5, 0.6) is 0 Å². The topological polar surface area (TPSA) is 94.1 Å². The first kappa shape index (κ1) is 17.2. The van der Waals surface area contributed by atoms with Crippen LogP contribution in [-0.4, -0.2) is 21.2 Å². The minimum atomic E-state index is -0.377. The maximum atomic E-state index is 12.6. The Morgan fingerprint density at radius 1 is 1.11 bits per heavy atom. The van der Waals surface area contributed by atoms with Crippen molar-refractivity contribution in [2.24, 2.45) is 0 Å². The number of rotatable bonds is 5. The van der Waals surface area contributed by atoms with Crippen LogP contribution in [0.3, 0.4) is 0 Å². The summed E-state index contributed by atoms with van der Waals surface area (Å²) in [6.45, 7) is 3.97. The summed E-state index contributed by atoms with van der Waals surface area (Å²) in [7, 11) is 0. The first-order valence-electron chi connectivity index (χ1n) is 8.37. The number of para-hydroxylation sites is 1. The maximum Gasteiger partial charge on any atom is 0.277 e. The van der Waals surface area contributed by atoms with E-state index in [0.29, 0.717) is 28.7 Å². The summed E-state index contributed by atoms with van der Waals surface area (Å²) in [5.41, 5.74) is 1.40. The van der Waals surface area contributed by atoms with E-state index in [0.717, 1.165) is 4.88 Å². The average Bonchev–Trinajstić information content (AvgIpc) is 3.42. The molecule has 1 N–H and O–H groups in total. The zero-order chi connectivity index (χ0) is 18.8. The molecule has 0 unspecified atom stereocenters. The minimum Gasteiger partial charge on any atom is -0.355 e. The number of nitrogens with zero attached hydrogens (tertiary/aromatic N) is 3. The monoisotopic (exact) mass is 380 g/mol. The molecule has 0 bridgehead atoms. The molecule has 0 radical (unpaired) electrons. The molecule has 3 heterocycles. The molecule has 0 atom stereocenters. The summed E-state index contributed by atoms with van der Waals surface area (Å²) < 4.78 is 10.6. The van der Waals surface area contributed by atoms with E-state index in [-0.39, 0.29) is 17.5 Å². The lowest BCUT2D eigenvalue weighted by Gasteiger charge is -2.06. The van der Waals surface area contributed by atoms with Gasteiger partial charge in [-0.25, -0.2) is 0 Å². The number of thiophene rings is 1. The molecule has 4 rings (SSSR count). The van der Waals surface area contributed by atoms with E-state index in [4.69, 9.17) is 9.05 Å². The molecule has 27 heavy (non-hydrogen) atoms. The van der Waals surface area contributed by atoms with Gasteiger partial charge in [0.25, 0.3) is 11.8 Å². The third kappa shape index (κ3) is 3.52. The van der Waals surface area contributed by atoms with Crippen LogP contribution in [0, 0.1) is 0 Å².